The van der Waals surface area contributed by atoms with Crippen molar-refractivity contribution < 1.29 is 19.5 Å². The molecule has 0 aliphatic heterocycles. The minimum absolute atomic E-state index is 0.00743. The highest BCUT2D eigenvalue weighted by atomic mass is 16.4. The molecule has 2 amide bonds. The van der Waals surface area contributed by atoms with E-state index in [1.54, 1.807) is 18.2 Å². The van der Waals surface area contributed by atoms with Gasteiger partial charge in [0.05, 0.1) is 0 Å². The molecule has 1 aromatic carbocycles. The lowest BCUT2D eigenvalue weighted by Gasteiger charge is -2.25. The normalized spacial score (nSPS) is 11.4. The van der Waals surface area contributed by atoms with Crippen LogP contribution < -0.4 is 0 Å². The molecule has 0 radical (unpaired) electrons. The van der Waals surface area contributed by atoms with Crippen molar-refractivity contribution in [3.63, 3.8) is 0 Å². The molecule has 100 valence electrons. The van der Waals surface area contributed by atoms with Crippen molar-refractivity contribution in [1.82, 2.24) is 4.90 Å². The third-order valence-corrected chi connectivity index (χ3v) is 2.57. The van der Waals surface area contributed by atoms with Gasteiger partial charge in [-0.1, -0.05) is 24.3 Å². The molecule has 5 nitrogen and oxygen atoms in total. The largest absolute Gasteiger partial charge is 0.480 e. The Morgan fingerprint density at radius 2 is 1.89 bits per heavy atom. The molecule has 1 aromatic rings. The lowest BCUT2D eigenvalue weighted by atomic mass is 10.1. The quantitative estimate of drug-likeness (QED) is 0.819. The molecule has 0 aliphatic carbocycles. The molecule has 0 spiro atoms. The molecular weight excluding hydrogens is 246 g/mol. The first-order valence-electron chi connectivity index (χ1n) is 5.72. The molecule has 0 aromatic heterocycles. The summed E-state index contributed by atoms with van der Waals surface area (Å²) in [6.07, 6.45) is 1.38. The van der Waals surface area contributed by atoms with Gasteiger partial charge in [-0.25, -0.2) is 4.79 Å². The van der Waals surface area contributed by atoms with E-state index in [4.69, 9.17) is 5.11 Å². The molecule has 1 rings (SSSR count). The van der Waals surface area contributed by atoms with Crippen LogP contribution in [0, 0.1) is 0 Å². The zero-order valence-corrected chi connectivity index (χ0v) is 10.6. The molecule has 1 N–H and O–H groups in total. The van der Waals surface area contributed by atoms with Crippen molar-refractivity contribution >= 4 is 17.8 Å². The number of rotatable bonds is 5. The van der Waals surface area contributed by atoms with Gasteiger partial charge in [0.15, 0.2) is 0 Å². The van der Waals surface area contributed by atoms with E-state index in [0.29, 0.717) is 0 Å². The molecule has 1 unspecified atom stereocenters. The Labute approximate surface area is 111 Å². The van der Waals surface area contributed by atoms with E-state index in [0.717, 1.165) is 4.90 Å². The number of nitrogens with zero attached hydrogens (tertiary/aromatic N) is 1. The summed E-state index contributed by atoms with van der Waals surface area (Å²) in [5, 5.41) is 9.13. The number of carbonyl (C=O) groups excluding carboxylic acids is 2. The number of benzene rings is 1. The van der Waals surface area contributed by atoms with Crippen LogP contribution in [-0.2, 0) is 9.59 Å². The number of aliphatic carboxylic acids is 1. The summed E-state index contributed by atoms with van der Waals surface area (Å²) in [6.45, 7) is 4.61. The van der Waals surface area contributed by atoms with Gasteiger partial charge in [0.1, 0.15) is 6.04 Å². The number of carboxylic acid groups (broad SMARTS) is 1. The Balaban J connectivity index is 3.13. The molecule has 19 heavy (non-hydrogen) atoms. The van der Waals surface area contributed by atoms with Crippen LogP contribution in [0.1, 0.15) is 23.7 Å². The summed E-state index contributed by atoms with van der Waals surface area (Å²) in [5.41, 5.74) is 0.271. The van der Waals surface area contributed by atoms with Crippen molar-refractivity contribution in [1.29, 1.82) is 0 Å². The molecule has 1 atom stereocenters. The average molecular weight is 261 g/mol. The maximum Gasteiger partial charge on any atom is 0.327 e. The number of imide groups is 1. The topological polar surface area (TPSA) is 74.7 Å². The molecule has 0 aliphatic rings. The van der Waals surface area contributed by atoms with Crippen molar-refractivity contribution in [3.05, 3.63) is 48.6 Å². The third kappa shape index (κ3) is 3.51. The average Bonchev–Trinajstić information content (AvgIpc) is 2.38. The highest BCUT2D eigenvalue weighted by molar-refractivity contribution is 6.06. The Kier molecular flexibility index (Phi) is 5.00. The second-order valence-corrected chi connectivity index (χ2v) is 3.94. The fourth-order valence-electron chi connectivity index (χ4n) is 1.70. The summed E-state index contributed by atoms with van der Waals surface area (Å²) in [4.78, 5) is 35.7. The second-order valence-electron chi connectivity index (χ2n) is 3.94. The summed E-state index contributed by atoms with van der Waals surface area (Å²) >= 11 is 0. The van der Waals surface area contributed by atoms with Crippen LogP contribution in [0.15, 0.2) is 43.0 Å². The predicted octanol–water partition coefficient (Wildman–Crippen LogP) is 1.70. The molecule has 0 saturated carbocycles. The molecular formula is C14H15NO4. The van der Waals surface area contributed by atoms with Crippen LogP contribution in [0.2, 0.25) is 0 Å². The predicted molar refractivity (Wildman–Crippen MR) is 69.5 cm³/mol. The van der Waals surface area contributed by atoms with Gasteiger partial charge in [0.25, 0.3) is 5.91 Å². The highest BCUT2D eigenvalue weighted by Gasteiger charge is 2.32. The van der Waals surface area contributed by atoms with Gasteiger partial charge in [0, 0.05) is 12.5 Å². The lowest BCUT2D eigenvalue weighted by molar-refractivity contribution is -0.147. The third-order valence-electron chi connectivity index (χ3n) is 2.57. The fourth-order valence-corrected chi connectivity index (χ4v) is 1.70. The first kappa shape index (κ1) is 14.6. The monoisotopic (exact) mass is 261 g/mol. The van der Waals surface area contributed by atoms with Gasteiger partial charge in [-0.2, -0.15) is 0 Å². The van der Waals surface area contributed by atoms with E-state index in [9.17, 15) is 14.4 Å². The van der Waals surface area contributed by atoms with E-state index in [1.165, 1.54) is 25.1 Å². The van der Waals surface area contributed by atoms with Crippen LogP contribution in [0.4, 0.5) is 0 Å². The van der Waals surface area contributed by atoms with E-state index in [-0.39, 0.29) is 12.0 Å². The molecule has 0 heterocycles. The zero-order chi connectivity index (χ0) is 14.4. The number of hydrogen-bond donors (Lipinski definition) is 1. The van der Waals surface area contributed by atoms with Crippen LogP contribution in [0.3, 0.4) is 0 Å². The molecule has 5 heteroatoms. The van der Waals surface area contributed by atoms with Gasteiger partial charge in [0.2, 0.25) is 5.91 Å². The van der Waals surface area contributed by atoms with Crippen molar-refractivity contribution in [2.75, 3.05) is 0 Å². The summed E-state index contributed by atoms with van der Waals surface area (Å²) in [7, 11) is 0. The Morgan fingerprint density at radius 1 is 1.32 bits per heavy atom. The number of hydrogen-bond acceptors (Lipinski definition) is 3. The first-order valence-corrected chi connectivity index (χ1v) is 5.72. The van der Waals surface area contributed by atoms with E-state index in [2.05, 4.69) is 6.58 Å². The van der Waals surface area contributed by atoms with Gasteiger partial charge in [-0.05, 0) is 18.6 Å². The van der Waals surface area contributed by atoms with Crippen LogP contribution in [-0.4, -0.2) is 33.8 Å². The Hall–Kier alpha value is -2.43. The van der Waals surface area contributed by atoms with Crippen molar-refractivity contribution in [2.45, 2.75) is 19.4 Å². The van der Waals surface area contributed by atoms with Gasteiger partial charge >= 0.3 is 5.97 Å². The SMILES string of the molecule is C=CCC(C(=O)O)N(C(C)=O)C(=O)c1ccccc1. The fraction of sp³-hybridized carbons (Fsp3) is 0.214. The first-order chi connectivity index (χ1) is 8.99. The van der Waals surface area contributed by atoms with E-state index in [1.807, 2.05) is 0 Å². The molecule has 0 fully saturated rings. The maximum atomic E-state index is 12.2. The van der Waals surface area contributed by atoms with Crippen LogP contribution >= 0.6 is 0 Å². The van der Waals surface area contributed by atoms with E-state index >= 15 is 0 Å². The smallest absolute Gasteiger partial charge is 0.327 e. The zero-order valence-electron chi connectivity index (χ0n) is 10.6. The number of amides is 2. The van der Waals surface area contributed by atoms with Crippen molar-refractivity contribution in [2.24, 2.45) is 0 Å². The number of carbonyl (C=O) groups is 3. The minimum atomic E-state index is -1.24. The standard InChI is InChI=1S/C14H15NO4/c1-3-7-12(14(18)19)15(10(2)16)13(17)11-8-5-4-6-9-11/h3-6,8-9,12H,1,7H2,2H3,(H,18,19). The lowest BCUT2D eigenvalue weighted by Crippen LogP contribution is -2.47. The second kappa shape index (κ2) is 6.49. The van der Waals surface area contributed by atoms with E-state index < -0.39 is 23.8 Å². The maximum absolute atomic E-state index is 12.2. The van der Waals surface area contributed by atoms with Crippen molar-refractivity contribution in [3.8, 4) is 0 Å². The Morgan fingerprint density at radius 3 is 2.32 bits per heavy atom. The Bertz CT molecular complexity index is 495. The minimum Gasteiger partial charge on any atom is -0.480 e. The van der Waals surface area contributed by atoms with Crippen LogP contribution in [0.25, 0.3) is 0 Å². The highest BCUT2D eigenvalue weighted by Crippen LogP contribution is 2.12. The number of carboxylic acids is 1. The van der Waals surface area contributed by atoms with Crippen LogP contribution in [0.5, 0.6) is 0 Å². The van der Waals surface area contributed by atoms with Gasteiger partial charge < -0.3 is 5.11 Å². The molecule has 0 bridgehead atoms. The summed E-state index contributed by atoms with van der Waals surface area (Å²) < 4.78 is 0. The summed E-state index contributed by atoms with van der Waals surface area (Å²) in [5.74, 6) is -2.47. The molecule has 0 saturated heterocycles. The van der Waals surface area contributed by atoms with Gasteiger partial charge in [-0.3, -0.25) is 14.5 Å². The summed E-state index contributed by atoms with van der Waals surface area (Å²) in [6, 6.07) is 6.86. The van der Waals surface area contributed by atoms with Gasteiger partial charge in [-0.15, -0.1) is 6.58 Å².